The number of nitrogens with zero attached hydrogens (tertiary/aromatic N) is 7. The maximum Gasteiger partial charge on any atom is 0.246 e. The van der Waals surface area contributed by atoms with Gasteiger partial charge in [0, 0.05) is 49.7 Å². The van der Waals surface area contributed by atoms with Crippen molar-refractivity contribution in [2.45, 2.75) is 26.3 Å². The molecule has 1 N–H and O–H groups in total. The van der Waals surface area contributed by atoms with Gasteiger partial charge in [0.15, 0.2) is 17.4 Å². The third-order valence-electron chi connectivity index (χ3n) is 7.61. The molecule has 0 spiro atoms. The van der Waals surface area contributed by atoms with Crippen LogP contribution in [0.15, 0.2) is 61.1 Å². The summed E-state index contributed by atoms with van der Waals surface area (Å²) in [7, 11) is 3.95. The van der Waals surface area contributed by atoms with Crippen molar-refractivity contribution in [1.82, 2.24) is 29.7 Å². The van der Waals surface area contributed by atoms with Crippen LogP contribution in [0.4, 0.5) is 17.3 Å². The molecule has 11 heteroatoms. The topological polar surface area (TPSA) is 109 Å². The van der Waals surface area contributed by atoms with E-state index >= 15 is 0 Å². The highest BCUT2D eigenvalue weighted by Gasteiger charge is 2.35. The van der Waals surface area contributed by atoms with Gasteiger partial charge < -0.3 is 29.5 Å². The van der Waals surface area contributed by atoms with Gasteiger partial charge in [-0.05, 0) is 63.3 Å². The largest absolute Gasteiger partial charge is 0.487 e. The van der Waals surface area contributed by atoms with Crippen molar-refractivity contribution in [1.29, 1.82) is 0 Å². The first-order valence-electron chi connectivity index (χ1n) is 14.5. The van der Waals surface area contributed by atoms with Gasteiger partial charge in [0.1, 0.15) is 29.9 Å². The van der Waals surface area contributed by atoms with E-state index in [-0.39, 0.29) is 11.9 Å². The van der Waals surface area contributed by atoms with Crippen LogP contribution >= 0.6 is 0 Å². The summed E-state index contributed by atoms with van der Waals surface area (Å²) in [5.74, 6) is 3.46. The molecular formula is C32H36N8O3. The molecule has 0 saturated carbocycles. The van der Waals surface area contributed by atoms with E-state index in [0.29, 0.717) is 54.6 Å². The summed E-state index contributed by atoms with van der Waals surface area (Å²) in [5.41, 5.74) is 4.17. The molecule has 11 nitrogen and oxygen atoms in total. The Kier molecular flexibility index (Phi) is 8.06. The first kappa shape index (κ1) is 28.4. The molecule has 1 saturated heterocycles. The van der Waals surface area contributed by atoms with Gasteiger partial charge in [-0.1, -0.05) is 13.0 Å². The van der Waals surface area contributed by atoms with Crippen LogP contribution in [0.25, 0.3) is 11.0 Å². The molecule has 3 aromatic heterocycles. The van der Waals surface area contributed by atoms with Gasteiger partial charge in [-0.2, -0.15) is 0 Å². The average Bonchev–Trinajstić information content (AvgIpc) is 3.13. The number of benzene rings is 1. The Morgan fingerprint density at radius 1 is 1.16 bits per heavy atom. The lowest BCUT2D eigenvalue weighted by Gasteiger charge is -2.39. The Labute approximate surface area is 251 Å². The van der Waals surface area contributed by atoms with Gasteiger partial charge in [0.25, 0.3) is 0 Å². The molecule has 1 atom stereocenters. The van der Waals surface area contributed by atoms with Gasteiger partial charge in [-0.3, -0.25) is 9.78 Å². The predicted molar refractivity (Wildman–Crippen MR) is 166 cm³/mol. The minimum atomic E-state index is -0.0738. The molecule has 1 aromatic carbocycles. The third-order valence-corrected chi connectivity index (χ3v) is 7.61. The molecule has 0 aliphatic carbocycles. The van der Waals surface area contributed by atoms with Crippen LogP contribution in [-0.4, -0.2) is 88.6 Å². The number of piperazine rings is 1. The maximum atomic E-state index is 12.9. The van der Waals surface area contributed by atoms with Gasteiger partial charge in [0.2, 0.25) is 5.91 Å². The van der Waals surface area contributed by atoms with Crippen molar-refractivity contribution in [3.8, 4) is 17.2 Å². The molecule has 4 aromatic rings. The zero-order chi connectivity index (χ0) is 29.9. The Morgan fingerprint density at radius 3 is 2.81 bits per heavy atom. The first-order chi connectivity index (χ1) is 20.9. The monoisotopic (exact) mass is 580 g/mol. The van der Waals surface area contributed by atoms with Crippen molar-refractivity contribution in [3.05, 3.63) is 72.3 Å². The predicted octanol–water partition coefficient (Wildman–Crippen LogP) is 4.35. The number of anilines is 3. The summed E-state index contributed by atoms with van der Waals surface area (Å²) >= 11 is 0. The van der Waals surface area contributed by atoms with Crippen molar-refractivity contribution in [2.24, 2.45) is 0 Å². The number of hydrogen-bond acceptors (Lipinski definition) is 10. The van der Waals surface area contributed by atoms with Crippen LogP contribution in [0.1, 0.15) is 18.2 Å². The normalized spacial score (nSPS) is 16.3. The molecule has 1 amide bonds. The van der Waals surface area contributed by atoms with Crippen molar-refractivity contribution < 1.29 is 14.3 Å². The number of fused-ring (bicyclic) bond motifs is 5. The summed E-state index contributed by atoms with van der Waals surface area (Å²) in [5, 5.41) is 3.42. The molecule has 5 heterocycles. The van der Waals surface area contributed by atoms with Gasteiger partial charge in [-0.15, -0.1) is 0 Å². The number of likely N-dealkylation sites (N-methyl/N-ethyl adjacent to an activating group) is 1. The number of rotatable bonds is 8. The van der Waals surface area contributed by atoms with Crippen LogP contribution < -0.4 is 19.7 Å². The van der Waals surface area contributed by atoms with E-state index in [1.165, 1.54) is 6.33 Å². The van der Waals surface area contributed by atoms with Gasteiger partial charge in [-0.25, -0.2) is 15.0 Å². The number of amides is 1. The number of carbonyl (C=O) groups is 1. The highest BCUT2D eigenvalue weighted by atomic mass is 16.5. The number of aryl methyl sites for hydroxylation is 2. The van der Waals surface area contributed by atoms with Crippen molar-refractivity contribution >= 4 is 34.3 Å². The second-order valence-corrected chi connectivity index (χ2v) is 11.1. The number of aromatic nitrogens is 4. The quantitative estimate of drug-likeness (QED) is 0.302. The van der Waals surface area contributed by atoms with E-state index in [1.807, 2.05) is 73.3 Å². The molecule has 6 rings (SSSR count). The summed E-state index contributed by atoms with van der Waals surface area (Å²) in [6.45, 7) is 7.09. The van der Waals surface area contributed by atoms with Gasteiger partial charge >= 0.3 is 0 Å². The van der Waals surface area contributed by atoms with Crippen LogP contribution in [0, 0.1) is 6.92 Å². The van der Waals surface area contributed by atoms with E-state index in [1.54, 1.807) is 12.3 Å². The van der Waals surface area contributed by atoms with E-state index in [0.717, 1.165) is 41.5 Å². The lowest BCUT2D eigenvalue weighted by atomic mass is 10.1. The second-order valence-electron chi connectivity index (χ2n) is 11.1. The van der Waals surface area contributed by atoms with Crippen molar-refractivity contribution in [2.75, 3.05) is 57.1 Å². The van der Waals surface area contributed by atoms with Crippen LogP contribution in [0.3, 0.4) is 0 Å². The van der Waals surface area contributed by atoms with Crippen LogP contribution in [-0.2, 0) is 11.2 Å². The zero-order valence-electron chi connectivity index (χ0n) is 24.9. The summed E-state index contributed by atoms with van der Waals surface area (Å²) in [4.78, 5) is 37.4. The minimum Gasteiger partial charge on any atom is -0.487 e. The second kappa shape index (κ2) is 12.2. The molecule has 2 aliphatic heterocycles. The lowest BCUT2D eigenvalue weighted by molar-refractivity contribution is -0.129. The Bertz CT molecular complexity index is 1660. The Morgan fingerprint density at radius 2 is 2.05 bits per heavy atom. The van der Waals surface area contributed by atoms with Gasteiger partial charge in [0.05, 0.1) is 17.8 Å². The number of ether oxygens (including phenoxy) is 2. The minimum absolute atomic E-state index is 0.00862. The Hall–Kier alpha value is -4.77. The lowest BCUT2D eigenvalue weighted by Crippen LogP contribution is -2.56. The molecule has 2 aliphatic rings. The standard InChI is InChI=1S/C32H36N8O3/c1-5-22-8-10-25(17-33-22)43-27-11-9-23(15-21(27)2)36-31-30-26(34-20-35-31)16-28-32(37-30)39-13-14-40(24(18-39)19-42-28)29(41)7-6-12-38(3)4/h6-11,15-17,20,24H,5,12-14,18-19H2,1-4H3,(H,34,35,36)/b7-6+/t24-/m1/s1. The number of pyridine rings is 2. The fourth-order valence-electron chi connectivity index (χ4n) is 5.29. The zero-order valence-corrected chi connectivity index (χ0v) is 24.9. The molecule has 1 fully saturated rings. The number of carbonyl (C=O) groups excluding carboxylic acids is 1. The first-order valence-corrected chi connectivity index (χ1v) is 14.5. The van der Waals surface area contributed by atoms with E-state index in [9.17, 15) is 4.79 Å². The Balaban J connectivity index is 1.20. The summed E-state index contributed by atoms with van der Waals surface area (Å²) in [6.07, 6.45) is 7.71. The molecule has 2 bridgehead atoms. The fourth-order valence-corrected chi connectivity index (χ4v) is 5.29. The highest BCUT2D eigenvalue weighted by molar-refractivity contribution is 5.90. The molecule has 43 heavy (non-hydrogen) atoms. The molecular weight excluding hydrogens is 544 g/mol. The smallest absolute Gasteiger partial charge is 0.246 e. The number of hydrogen-bond donors (Lipinski definition) is 1. The number of nitrogens with one attached hydrogen (secondary N) is 1. The summed E-state index contributed by atoms with van der Waals surface area (Å²) < 4.78 is 12.3. The molecule has 222 valence electrons. The van der Waals surface area contributed by atoms with Crippen molar-refractivity contribution in [3.63, 3.8) is 0 Å². The molecule has 0 radical (unpaired) electrons. The van der Waals surface area contributed by atoms with E-state index in [2.05, 4.69) is 32.1 Å². The third kappa shape index (κ3) is 6.21. The average molecular weight is 581 g/mol. The highest BCUT2D eigenvalue weighted by Crippen LogP contribution is 2.36. The summed E-state index contributed by atoms with van der Waals surface area (Å²) in [6, 6.07) is 11.6. The fraction of sp³-hybridized carbons (Fsp3) is 0.344. The van der Waals surface area contributed by atoms with Crippen LogP contribution in [0.5, 0.6) is 17.2 Å². The van der Waals surface area contributed by atoms with E-state index in [4.69, 9.17) is 14.5 Å². The van der Waals surface area contributed by atoms with E-state index < -0.39 is 0 Å². The SMILES string of the molecule is CCc1ccc(Oc2ccc(Nc3ncnc4cc5c(nc34)N3CCN(C(=O)/C=C/CN(C)C)[C@@H](CO5)C3)cc2C)cn1. The van der Waals surface area contributed by atoms with Crippen LogP contribution in [0.2, 0.25) is 0 Å². The maximum absolute atomic E-state index is 12.9. The molecule has 0 unspecified atom stereocenters.